The first kappa shape index (κ1) is 21.0. The number of ether oxygens (including phenoxy) is 1. The summed E-state index contributed by atoms with van der Waals surface area (Å²) in [5, 5.41) is 9.55. The van der Waals surface area contributed by atoms with E-state index < -0.39 is 0 Å². The van der Waals surface area contributed by atoms with E-state index in [0.29, 0.717) is 6.61 Å². The van der Waals surface area contributed by atoms with Gasteiger partial charge < -0.3 is 9.84 Å². The van der Waals surface area contributed by atoms with Crippen LogP contribution in [0.15, 0.2) is 24.3 Å². The highest BCUT2D eigenvalue weighted by Crippen LogP contribution is 2.38. The van der Waals surface area contributed by atoms with Gasteiger partial charge in [0.15, 0.2) is 0 Å². The number of aromatic hydroxyl groups is 1. The highest BCUT2D eigenvalue weighted by atomic mass is 16.5. The van der Waals surface area contributed by atoms with Gasteiger partial charge in [0.25, 0.3) is 0 Å². The molecule has 1 aromatic carbocycles. The Hall–Kier alpha value is -2.03. The molecule has 0 atom stereocenters. The lowest BCUT2D eigenvalue weighted by atomic mass is 9.95. The van der Waals surface area contributed by atoms with Crippen LogP contribution in [0, 0.1) is 6.92 Å². The minimum atomic E-state index is 0.272. The topological polar surface area (TPSA) is 42.4 Å². The lowest BCUT2D eigenvalue weighted by molar-refractivity contribution is 0.336. The summed E-state index contributed by atoms with van der Waals surface area (Å²) in [5.74, 6) is 1.24. The maximum Gasteiger partial charge on any atom is 0.133 e. The number of phenolic OH excluding ortho intramolecular Hbond substituents is 1. The molecule has 1 heterocycles. The van der Waals surface area contributed by atoms with E-state index in [1.165, 1.54) is 5.56 Å². The molecule has 0 aliphatic carbocycles. The van der Waals surface area contributed by atoms with Gasteiger partial charge in [-0.15, -0.1) is 0 Å². The van der Waals surface area contributed by atoms with E-state index in [9.17, 15) is 5.11 Å². The van der Waals surface area contributed by atoms with Crippen LogP contribution >= 0.6 is 0 Å². The number of rotatable bonds is 7. The summed E-state index contributed by atoms with van der Waals surface area (Å²) in [5.41, 5.74) is 5.48. The van der Waals surface area contributed by atoms with Gasteiger partial charge in [0.2, 0.25) is 0 Å². The molecule has 0 amide bonds. The third kappa shape index (κ3) is 5.22. The summed E-state index contributed by atoms with van der Waals surface area (Å²) < 4.78 is 6.07. The van der Waals surface area contributed by atoms with E-state index in [2.05, 4.69) is 13.8 Å². The smallest absolute Gasteiger partial charge is 0.133 e. The molecule has 3 nitrogen and oxygen atoms in total. The molecule has 0 radical (unpaired) electrons. The van der Waals surface area contributed by atoms with E-state index in [-0.39, 0.29) is 5.75 Å². The quantitative estimate of drug-likeness (QED) is 0.661. The molecule has 1 aromatic heterocycles. The van der Waals surface area contributed by atoms with Crippen molar-refractivity contribution in [1.29, 1.82) is 0 Å². The SMILES string of the molecule is CC.CCCc1nc(C)c(-c2ccc(O)cc2)c(OCC)c1CCC. The van der Waals surface area contributed by atoms with Gasteiger partial charge in [-0.1, -0.05) is 52.7 Å². The Bertz CT molecular complexity index is 648. The summed E-state index contributed by atoms with van der Waals surface area (Å²) >= 11 is 0. The Morgan fingerprint density at radius 1 is 0.960 bits per heavy atom. The number of hydrogen-bond donors (Lipinski definition) is 1. The van der Waals surface area contributed by atoms with Crippen molar-refractivity contribution in [2.75, 3.05) is 6.61 Å². The maximum absolute atomic E-state index is 9.55. The van der Waals surface area contributed by atoms with Gasteiger partial charge in [0.05, 0.1) is 6.61 Å². The van der Waals surface area contributed by atoms with Crippen LogP contribution in [0.5, 0.6) is 11.5 Å². The molecule has 138 valence electrons. The van der Waals surface area contributed by atoms with E-state index >= 15 is 0 Å². The summed E-state index contributed by atoms with van der Waals surface area (Å²) in [6.45, 7) is 13.1. The normalized spacial score (nSPS) is 10.2. The second-order valence-electron chi connectivity index (χ2n) is 5.81. The van der Waals surface area contributed by atoms with Crippen LogP contribution in [0.1, 0.15) is 64.4 Å². The summed E-state index contributed by atoms with van der Waals surface area (Å²) in [6, 6.07) is 7.28. The third-order valence-corrected chi connectivity index (χ3v) is 3.95. The monoisotopic (exact) mass is 343 g/mol. The first-order valence-electron chi connectivity index (χ1n) is 9.56. The van der Waals surface area contributed by atoms with Gasteiger partial charge >= 0.3 is 0 Å². The minimum Gasteiger partial charge on any atom is -0.508 e. The molecular weight excluding hydrogens is 310 g/mol. The van der Waals surface area contributed by atoms with Crippen LogP contribution in [-0.2, 0) is 12.8 Å². The summed E-state index contributed by atoms with van der Waals surface area (Å²) in [6.07, 6.45) is 4.10. The van der Waals surface area contributed by atoms with Crippen LogP contribution in [0.25, 0.3) is 11.1 Å². The fourth-order valence-corrected chi connectivity index (χ4v) is 3.00. The van der Waals surface area contributed by atoms with Crippen molar-refractivity contribution < 1.29 is 9.84 Å². The molecule has 2 rings (SSSR count). The molecule has 0 unspecified atom stereocenters. The molecule has 25 heavy (non-hydrogen) atoms. The van der Waals surface area contributed by atoms with Crippen molar-refractivity contribution in [2.24, 2.45) is 0 Å². The second-order valence-corrected chi connectivity index (χ2v) is 5.81. The van der Waals surface area contributed by atoms with Crippen molar-refractivity contribution in [3.05, 3.63) is 41.2 Å². The number of nitrogens with zero attached hydrogens (tertiary/aromatic N) is 1. The van der Waals surface area contributed by atoms with Crippen LogP contribution in [-0.4, -0.2) is 16.7 Å². The van der Waals surface area contributed by atoms with Gasteiger partial charge in [-0.3, -0.25) is 4.98 Å². The Kier molecular flexibility index (Phi) is 9.04. The molecule has 0 saturated heterocycles. The zero-order valence-corrected chi connectivity index (χ0v) is 16.6. The van der Waals surface area contributed by atoms with Gasteiger partial charge in [0, 0.05) is 22.5 Å². The van der Waals surface area contributed by atoms with E-state index in [1.807, 2.05) is 39.8 Å². The molecule has 0 fully saturated rings. The number of hydrogen-bond acceptors (Lipinski definition) is 3. The molecule has 0 saturated carbocycles. The molecular formula is C22H33NO2. The molecule has 3 heteroatoms. The lowest BCUT2D eigenvalue weighted by Crippen LogP contribution is -2.08. The second kappa shape index (κ2) is 10.8. The van der Waals surface area contributed by atoms with Gasteiger partial charge in [-0.25, -0.2) is 0 Å². The zero-order chi connectivity index (χ0) is 18.8. The van der Waals surface area contributed by atoms with E-state index in [4.69, 9.17) is 9.72 Å². The van der Waals surface area contributed by atoms with Crippen LogP contribution in [0.2, 0.25) is 0 Å². The van der Waals surface area contributed by atoms with E-state index in [1.54, 1.807) is 12.1 Å². The van der Waals surface area contributed by atoms with E-state index in [0.717, 1.165) is 53.9 Å². The van der Waals surface area contributed by atoms with Gasteiger partial charge in [0.1, 0.15) is 11.5 Å². The van der Waals surface area contributed by atoms with Gasteiger partial charge in [-0.05, 0) is 44.4 Å². The molecule has 0 bridgehead atoms. The van der Waals surface area contributed by atoms with Crippen molar-refractivity contribution >= 4 is 0 Å². The Labute approximate surface area is 153 Å². The Morgan fingerprint density at radius 2 is 1.56 bits per heavy atom. The number of aromatic nitrogens is 1. The lowest BCUT2D eigenvalue weighted by Gasteiger charge is -2.20. The van der Waals surface area contributed by atoms with Crippen molar-refractivity contribution in [3.8, 4) is 22.6 Å². The highest BCUT2D eigenvalue weighted by molar-refractivity contribution is 5.75. The van der Waals surface area contributed by atoms with Crippen LogP contribution < -0.4 is 4.74 Å². The van der Waals surface area contributed by atoms with Crippen LogP contribution in [0.4, 0.5) is 0 Å². The summed E-state index contributed by atoms with van der Waals surface area (Å²) in [7, 11) is 0. The molecule has 1 N–H and O–H groups in total. The predicted molar refractivity (Wildman–Crippen MR) is 107 cm³/mol. The van der Waals surface area contributed by atoms with Crippen molar-refractivity contribution in [2.45, 2.75) is 67.2 Å². The Morgan fingerprint density at radius 3 is 2.08 bits per heavy atom. The molecule has 0 aliphatic heterocycles. The summed E-state index contributed by atoms with van der Waals surface area (Å²) in [4.78, 5) is 4.88. The third-order valence-electron chi connectivity index (χ3n) is 3.95. The number of phenols is 1. The highest BCUT2D eigenvalue weighted by Gasteiger charge is 2.19. The largest absolute Gasteiger partial charge is 0.508 e. The average molecular weight is 344 g/mol. The first-order valence-corrected chi connectivity index (χ1v) is 9.56. The predicted octanol–water partition coefficient (Wildman–Crippen LogP) is 6.09. The Balaban J connectivity index is 0.00000151. The standard InChI is InChI=1S/C20H27NO2.C2H6/c1-5-8-17-18(9-6-2)21-14(4)19(20(17)23-7-3)15-10-12-16(22)13-11-15;1-2/h10-13,22H,5-9H2,1-4H3;1-2H3. The molecule has 0 spiro atoms. The van der Waals surface area contributed by atoms with Crippen molar-refractivity contribution in [1.82, 2.24) is 4.98 Å². The maximum atomic E-state index is 9.55. The van der Waals surface area contributed by atoms with Crippen molar-refractivity contribution in [3.63, 3.8) is 0 Å². The number of aryl methyl sites for hydroxylation is 2. The average Bonchev–Trinajstić information content (AvgIpc) is 2.61. The molecule has 2 aromatic rings. The zero-order valence-electron chi connectivity index (χ0n) is 16.6. The fraction of sp³-hybridized carbons (Fsp3) is 0.500. The molecule has 0 aliphatic rings. The van der Waals surface area contributed by atoms with Gasteiger partial charge in [-0.2, -0.15) is 0 Å². The van der Waals surface area contributed by atoms with Crippen LogP contribution in [0.3, 0.4) is 0 Å². The number of benzene rings is 1. The first-order chi connectivity index (χ1) is 12.1. The minimum absolute atomic E-state index is 0.272. The fourth-order valence-electron chi connectivity index (χ4n) is 3.00. The number of pyridine rings is 1.